The summed E-state index contributed by atoms with van der Waals surface area (Å²) in [6.07, 6.45) is 1.98. The van der Waals surface area contributed by atoms with Crippen molar-refractivity contribution in [1.29, 1.82) is 0 Å². The molecule has 4 rings (SSSR count). The molecule has 1 aliphatic carbocycles. The van der Waals surface area contributed by atoms with Crippen LogP contribution in [0.25, 0.3) is 0 Å². The van der Waals surface area contributed by atoms with Crippen molar-refractivity contribution in [3.05, 3.63) is 33.5 Å². The molecule has 0 N–H and O–H groups in total. The van der Waals surface area contributed by atoms with Crippen LogP contribution in [0.4, 0.5) is 13.2 Å². The number of nitrogens with zero attached hydrogens (tertiary/aromatic N) is 4. The Morgan fingerprint density at radius 1 is 1.15 bits per heavy atom. The number of hydrogen-bond acceptors (Lipinski definition) is 6. The number of thiazole rings is 1. The summed E-state index contributed by atoms with van der Waals surface area (Å²) in [5.74, 6) is -0.493. The standard InChI is InChI=1S/C22H27F3N4O3S/c1-14-11-18(22(23,24)25)27-29(14)12-19(30)28-9-7-15(8-10-28)20-26-17(13-33-20)21(31)32-16-5-3-2-4-6-16/h11,13,15-16H,2-10,12H2,1H3. The van der Waals surface area contributed by atoms with Crippen molar-refractivity contribution >= 4 is 23.2 Å². The van der Waals surface area contributed by atoms with Gasteiger partial charge in [0.25, 0.3) is 0 Å². The third-order valence-electron chi connectivity index (χ3n) is 6.31. The number of amides is 1. The van der Waals surface area contributed by atoms with E-state index in [1.54, 1.807) is 10.3 Å². The van der Waals surface area contributed by atoms with E-state index < -0.39 is 11.9 Å². The van der Waals surface area contributed by atoms with Crippen LogP contribution in [0.3, 0.4) is 0 Å². The molecule has 2 aromatic heterocycles. The number of piperidine rings is 1. The molecule has 180 valence electrons. The Bertz CT molecular complexity index is 989. The molecule has 11 heteroatoms. The molecule has 0 radical (unpaired) electrons. The first-order chi connectivity index (χ1) is 15.7. The third kappa shape index (κ3) is 5.74. The highest BCUT2D eigenvalue weighted by Crippen LogP contribution is 2.32. The number of aromatic nitrogens is 3. The zero-order valence-corrected chi connectivity index (χ0v) is 19.3. The van der Waals surface area contributed by atoms with E-state index in [1.165, 1.54) is 24.7 Å². The summed E-state index contributed by atoms with van der Waals surface area (Å²) in [5.41, 5.74) is -0.359. The van der Waals surface area contributed by atoms with Crippen LogP contribution in [0, 0.1) is 6.92 Å². The van der Waals surface area contributed by atoms with Crippen molar-refractivity contribution < 1.29 is 27.5 Å². The summed E-state index contributed by atoms with van der Waals surface area (Å²) in [4.78, 5) is 31.2. The fourth-order valence-electron chi connectivity index (χ4n) is 4.38. The van der Waals surface area contributed by atoms with Crippen molar-refractivity contribution in [1.82, 2.24) is 19.7 Å². The van der Waals surface area contributed by atoms with Gasteiger partial charge >= 0.3 is 12.1 Å². The Morgan fingerprint density at radius 3 is 2.48 bits per heavy atom. The normalized spacial score (nSPS) is 18.5. The lowest BCUT2D eigenvalue weighted by Crippen LogP contribution is -2.40. The average molecular weight is 485 g/mol. The van der Waals surface area contributed by atoms with Crippen LogP contribution in [0.15, 0.2) is 11.4 Å². The van der Waals surface area contributed by atoms with Crippen molar-refractivity contribution in [2.75, 3.05) is 13.1 Å². The van der Waals surface area contributed by atoms with Crippen LogP contribution in [-0.4, -0.2) is 50.7 Å². The van der Waals surface area contributed by atoms with Crippen molar-refractivity contribution in [3.8, 4) is 0 Å². The van der Waals surface area contributed by atoms with Gasteiger partial charge in [0, 0.05) is 30.1 Å². The molecule has 1 saturated carbocycles. The molecule has 2 aromatic rings. The van der Waals surface area contributed by atoms with E-state index in [1.807, 2.05) is 0 Å². The fraction of sp³-hybridized carbons (Fsp3) is 0.636. The number of ether oxygens (including phenoxy) is 1. The Kier molecular flexibility index (Phi) is 7.06. The molecule has 1 amide bonds. The summed E-state index contributed by atoms with van der Waals surface area (Å²) in [5, 5.41) is 6.12. The average Bonchev–Trinajstić information content (AvgIpc) is 3.42. The molecule has 0 unspecified atom stereocenters. The maximum absolute atomic E-state index is 12.8. The lowest BCUT2D eigenvalue weighted by atomic mass is 9.97. The first-order valence-corrected chi connectivity index (χ1v) is 12.1. The van der Waals surface area contributed by atoms with Crippen LogP contribution in [0.5, 0.6) is 0 Å². The smallest absolute Gasteiger partial charge is 0.435 e. The second-order valence-electron chi connectivity index (χ2n) is 8.72. The van der Waals surface area contributed by atoms with Gasteiger partial charge in [-0.2, -0.15) is 18.3 Å². The summed E-state index contributed by atoms with van der Waals surface area (Å²) < 4.78 is 45.2. The highest BCUT2D eigenvalue weighted by Gasteiger charge is 2.35. The molecule has 2 fully saturated rings. The maximum atomic E-state index is 12.8. The second kappa shape index (κ2) is 9.82. The van der Waals surface area contributed by atoms with Crippen molar-refractivity contribution in [2.24, 2.45) is 0 Å². The summed E-state index contributed by atoms with van der Waals surface area (Å²) in [6, 6.07) is 0.943. The predicted octanol–water partition coefficient (Wildman–Crippen LogP) is 4.56. The fourth-order valence-corrected chi connectivity index (χ4v) is 5.34. The van der Waals surface area contributed by atoms with Gasteiger partial charge in [-0.25, -0.2) is 9.78 Å². The molecule has 0 spiro atoms. The van der Waals surface area contributed by atoms with Crippen molar-refractivity contribution in [2.45, 2.75) is 76.6 Å². The zero-order chi connectivity index (χ0) is 23.6. The Hall–Kier alpha value is -2.43. The molecule has 3 heterocycles. The van der Waals surface area contributed by atoms with Gasteiger partial charge in [0.1, 0.15) is 12.6 Å². The number of likely N-dealkylation sites (tertiary alicyclic amines) is 1. The topological polar surface area (TPSA) is 77.3 Å². The van der Waals surface area contributed by atoms with Crippen LogP contribution < -0.4 is 0 Å². The third-order valence-corrected chi connectivity index (χ3v) is 7.32. The minimum absolute atomic E-state index is 0.0173. The molecule has 0 bridgehead atoms. The number of hydrogen-bond donors (Lipinski definition) is 0. The SMILES string of the molecule is Cc1cc(C(F)(F)F)nn1CC(=O)N1CCC(c2nc(C(=O)OC3CCCCC3)cs2)CC1. The Morgan fingerprint density at radius 2 is 1.85 bits per heavy atom. The monoisotopic (exact) mass is 484 g/mol. The molecule has 0 atom stereocenters. The van der Waals surface area contributed by atoms with Gasteiger partial charge in [-0.15, -0.1) is 11.3 Å². The number of alkyl halides is 3. The van der Waals surface area contributed by atoms with Crippen LogP contribution in [0.2, 0.25) is 0 Å². The number of esters is 1. The minimum atomic E-state index is -4.53. The number of aryl methyl sites for hydroxylation is 1. The zero-order valence-electron chi connectivity index (χ0n) is 18.4. The molecular weight excluding hydrogens is 457 g/mol. The first kappa shape index (κ1) is 23.7. The van der Waals surface area contributed by atoms with E-state index in [0.717, 1.165) is 41.4 Å². The second-order valence-corrected chi connectivity index (χ2v) is 9.61. The number of rotatable bonds is 5. The van der Waals surface area contributed by atoms with Gasteiger partial charge in [-0.3, -0.25) is 9.48 Å². The van der Waals surface area contributed by atoms with E-state index in [4.69, 9.17) is 4.74 Å². The lowest BCUT2D eigenvalue weighted by Gasteiger charge is -2.31. The van der Waals surface area contributed by atoms with E-state index in [9.17, 15) is 22.8 Å². The van der Waals surface area contributed by atoms with Crippen LogP contribution in [-0.2, 0) is 22.3 Å². The number of carbonyl (C=O) groups excluding carboxylic acids is 2. The van der Waals surface area contributed by atoms with Crippen LogP contribution in [0.1, 0.15) is 77.7 Å². The van der Waals surface area contributed by atoms with E-state index in [0.29, 0.717) is 37.3 Å². The molecular formula is C22H27F3N4O3S. The first-order valence-electron chi connectivity index (χ1n) is 11.3. The van der Waals surface area contributed by atoms with Gasteiger partial charge in [0.05, 0.1) is 5.01 Å². The lowest BCUT2D eigenvalue weighted by molar-refractivity contribution is -0.142. The van der Waals surface area contributed by atoms with Gasteiger partial charge in [-0.1, -0.05) is 6.42 Å². The van der Waals surface area contributed by atoms with Gasteiger partial charge in [0.2, 0.25) is 5.91 Å². The molecule has 7 nitrogen and oxygen atoms in total. The molecule has 2 aliphatic rings. The predicted molar refractivity (Wildman–Crippen MR) is 115 cm³/mol. The van der Waals surface area contributed by atoms with E-state index in [-0.39, 0.29) is 30.4 Å². The van der Waals surface area contributed by atoms with Gasteiger partial charge in [-0.05, 0) is 51.5 Å². The van der Waals surface area contributed by atoms with Gasteiger partial charge in [0.15, 0.2) is 11.4 Å². The Labute approximate surface area is 193 Å². The van der Waals surface area contributed by atoms with E-state index in [2.05, 4.69) is 10.1 Å². The highest BCUT2D eigenvalue weighted by molar-refractivity contribution is 7.09. The van der Waals surface area contributed by atoms with Gasteiger partial charge < -0.3 is 9.64 Å². The molecule has 1 saturated heterocycles. The highest BCUT2D eigenvalue weighted by atomic mass is 32.1. The summed E-state index contributed by atoms with van der Waals surface area (Å²) in [7, 11) is 0. The van der Waals surface area contributed by atoms with Crippen LogP contribution >= 0.6 is 11.3 Å². The minimum Gasteiger partial charge on any atom is -0.458 e. The number of carbonyl (C=O) groups is 2. The molecule has 33 heavy (non-hydrogen) atoms. The molecule has 0 aromatic carbocycles. The summed E-state index contributed by atoms with van der Waals surface area (Å²) in [6.45, 7) is 2.25. The van der Waals surface area contributed by atoms with E-state index >= 15 is 0 Å². The molecule has 1 aliphatic heterocycles. The number of halogens is 3. The maximum Gasteiger partial charge on any atom is 0.435 e. The quantitative estimate of drug-likeness (QED) is 0.582. The largest absolute Gasteiger partial charge is 0.458 e. The van der Waals surface area contributed by atoms with Crippen molar-refractivity contribution in [3.63, 3.8) is 0 Å². The Balaban J connectivity index is 1.29. The summed E-state index contributed by atoms with van der Waals surface area (Å²) >= 11 is 1.43.